The fraction of sp³-hybridized carbons (Fsp3) is 0.304. The Hall–Kier alpha value is -2.36. The lowest BCUT2D eigenvalue weighted by Gasteiger charge is -2.22. The van der Waals surface area contributed by atoms with E-state index in [2.05, 4.69) is 65.3 Å². The minimum absolute atomic E-state index is 0.0168. The van der Waals surface area contributed by atoms with E-state index in [0.29, 0.717) is 0 Å². The molecular weight excluding hydrogens is 320 g/mol. The molecular formula is C23H30N2O. The van der Waals surface area contributed by atoms with Gasteiger partial charge in [-0.1, -0.05) is 60.7 Å². The lowest BCUT2D eigenvalue weighted by Crippen LogP contribution is -2.40. The fourth-order valence-electron chi connectivity index (χ4n) is 2.87. The highest BCUT2D eigenvalue weighted by molar-refractivity contribution is 5.55. The first-order valence-corrected chi connectivity index (χ1v) is 9.09. The van der Waals surface area contributed by atoms with Gasteiger partial charge in [-0.2, -0.15) is 0 Å². The highest BCUT2D eigenvalue weighted by Gasteiger charge is 2.12. The molecule has 138 valence electrons. The molecule has 0 aliphatic heterocycles. The van der Waals surface area contributed by atoms with E-state index < -0.39 is 0 Å². The molecule has 0 saturated heterocycles. The Balaban J connectivity index is 2.00. The largest absolute Gasteiger partial charge is 0.395 e. The van der Waals surface area contributed by atoms with Crippen LogP contribution >= 0.6 is 0 Å². The number of anilines is 1. The molecule has 0 heterocycles. The summed E-state index contributed by atoms with van der Waals surface area (Å²) in [5.41, 5.74) is 3.57. The lowest BCUT2D eigenvalue weighted by atomic mass is 10.0. The van der Waals surface area contributed by atoms with E-state index in [9.17, 15) is 5.11 Å². The normalized spacial score (nSPS) is 13.5. The summed E-state index contributed by atoms with van der Waals surface area (Å²) >= 11 is 0. The number of hydrogen-bond donors (Lipinski definition) is 2. The maximum atomic E-state index is 9.76. The molecule has 0 aliphatic carbocycles. The molecule has 26 heavy (non-hydrogen) atoms. The van der Waals surface area contributed by atoms with Crippen LogP contribution < -0.4 is 10.2 Å². The molecule has 0 saturated carbocycles. The van der Waals surface area contributed by atoms with Crippen molar-refractivity contribution in [3.05, 3.63) is 84.5 Å². The number of hydrogen-bond acceptors (Lipinski definition) is 3. The van der Waals surface area contributed by atoms with Gasteiger partial charge in [0.25, 0.3) is 0 Å². The molecule has 2 aromatic carbocycles. The summed E-state index contributed by atoms with van der Waals surface area (Å²) in [6, 6.07) is 18.9. The van der Waals surface area contributed by atoms with Crippen LogP contribution in [0, 0.1) is 0 Å². The number of nitrogens with zero attached hydrogens (tertiary/aromatic N) is 1. The molecule has 0 spiro atoms. The second-order valence-electron chi connectivity index (χ2n) is 6.71. The Kier molecular flexibility index (Phi) is 8.13. The van der Waals surface area contributed by atoms with Crippen LogP contribution in [0.25, 0.3) is 6.08 Å². The van der Waals surface area contributed by atoms with Crippen LogP contribution in [-0.2, 0) is 6.42 Å². The molecule has 2 atom stereocenters. The third-order valence-electron chi connectivity index (χ3n) is 4.35. The fourth-order valence-corrected chi connectivity index (χ4v) is 2.87. The van der Waals surface area contributed by atoms with E-state index in [0.717, 1.165) is 18.4 Å². The molecule has 2 rings (SSSR count). The molecule has 2 N–H and O–H groups in total. The van der Waals surface area contributed by atoms with E-state index in [4.69, 9.17) is 0 Å². The van der Waals surface area contributed by atoms with Crippen LogP contribution in [0.5, 0.6) is 0 Å². The summed E-state index contributed by atoms with van der Waals surface area (Å²) < 4.78 is 0. The van der Waals surface area contributed by atoms with Crippen molar-refractivity contribution in [2.75, 3.05) is 25.6 Å². The quantitative estimate of drug-likeness (QED) is 0.638. The second-order valence-corrected chi connectivity index (χ2v) is 6.71. The van der Waals surface area contributed by atoms with Gasteiger partial charge in [-0.3, -0.25) is 0 Å². The van der Waals surface area contributed by atoms with Crippen LogP contribution in [0.3, 0.4) is 0 Å². The van der Waals surface area contributed by atoms with Gasteiger partial charge in [0.1, 0.15) is 0 Å². The maximum absolute atomic E-state index is 9.76. The van der Waals surface area contributed by atoms with E-state index in [-0.39, 0.29) is 18.7 Å². The molecule has 0 aliphatic rings. The predicted octanol–water partition coefficient (Wildman–Crippen LogP) is 3.90. The molecule has 0 amide bonds. The predicted molar refractivity (Wildman–Crippen MR) is 113 cm³/mol. The molecule has 0 aromatic heterocycles. The molecule has 0 bridgehead atoms. The summed E-state index contributed by atoms with van der Waals surface area (Å²) in [6.07, 6.45) is 7.81. The average molecular weight is 351 g/mol. The zero-order valence-electron chi connectivity index (χ0n) is 15.8. The Bertz CT molecular complexity index is 677. The van der Waals surface area contributed by atoms with E-state index in [1.54, 1.807) is 0 Å². The third-order valence-corrected chi connectivity index (χ3v) is 4.35. The summed E-state index contributed by atoms with van der Waals surface area (Å²) in [7, 11) is 4.08. The Morgan fingerprint density at radius 1 is 1.08 bits per heavy atom. The first kappa shape index (κ1) is 20.0. The summed E-state index contributed by atoms with van der Waals surface area (Å²) in [5, 5.41) is 13.3. The first-order chi connectivity index (χ1) is 12.6. The van der Waals surface area contributed by atoms with Gasteiger partial charge in [0, 0.05) is 31.9 Å². The van der Waals surface area contributed by atoms with Crippen molar-refractivity contribution in [1.29, 1.82) is 0 Å². The van der Waals surface area contributed by atoms with Crippen molar-refractivity contribution < 1.29 is 5.11 Å². The van der Waals surface area contributed by atoms with E-state index in [1.807, 2.05) is 38.4 Å². The van der Waals surface area contributed by atoms with Crippen LogP contribution in [0.15, 0.2) is 73.3 Å². The van der Waals surface area contributed by atoms with Gasteiger partial charge in [-0.25, -0.2) is 0 Å². The SMILES string of the molecule is C=CC[C@@H](/C=C/c1ccc(N(C)C)cc1)N[C@H](CO)Cc1ccccc1. The first-order valence-electron chi connectivity index (χ1n) is 9.09. The minimum atomic E-state index is 0.0168. The van der Waals surface area contributed by atoms with Crippen LogP contribution in [-0.4, -0.2) is 37.9 Å². The van der Waals surface area contributed by atoms with Crippen molar-refractivity contribution in [2.45, 2.75) is 24.9 Å². The topological polar surface area (TPSA) is 35.5 Å². The van der Waals surface area contributed by atoms with E-state index in [1.165, 1.54) is 11.3 Å². The van der Waals surface area contributed by atoms with Crippen molar-refractivity contribution in [3.8, 4) is 0 Å². The molecule has 0 unspecified atom stereocenters. The monoisotopic (exact) mass is 350 g/mol. The van der Waals surface area contributed by atoms with Gasteiger partial charge >= 0.3 is 0 Å². The summed E-state index contributed by atoms with van der Waals surface area (Å²) in [5.74, 6) is 0. The van der Waals surface area contributed by atoms with Gasteiger partial charge in [0.05, 0.1) is 6.61 Å². The average Bonchev–Trinajstić information content (AvgIpc) is 2.66. The molecule has 3 heteroatoms. The number of benzene rings is 2. The van der Waals surface area contributed by atoms with Gasteiger partial charge in [-0.05, 0) is 36.1 Å². The highest BCUT2D eigenvalue weighted by atomic mass is 16.3. The van der Waals surface area contributed by atoms with Crippen LogP contribution in [0.2, 0.25) is 0 Å². The lowest BCUT2D eigenvalue weighted by molar-refractivity contribution is 0.236. The van der Waals surface area contributed by atoms with Gasteiger partial charge in [0.15, 0.2) is 0 Å². The molecule has 0 fully saturated rings. The number of aliphatic hydroxyl groups is 1. The number of aliphatic hydroxyl groups excluding tert-OH is 1. The maximum Gasteiger partial charge on any atom is 0.0588 e. The summed E-state index contributed by atoms with van der Waals surface area (Å²) in [6.45, 7) is 3.97. The zero-order chi connectivity index (χ0) is 18.8. The number of nitrogens with one attached hydrogen (secondary N) is 1. The molecule has 3 nitrogen and oxygen atoms in total. The Morgan fingerprint density at radius 3 is 2.35 bits per heavy atom. The highest BCUT2D eigenvalue weighted by Crippen LogP contribution is 2.14. The Labute approximate surface area is 157 Å². The minimum Gasteiger partial charge on any atom is -0.395 e. The van der Waals surface area contributed by atoms with Crippen molar-refractivity contribution in [2.24, 2.45) is 0 Å². The van der Waals surface area contributed by atoms with Crippen molar-refractivity contribution >= 4 is 11.8 Å². The Morgan fingerprint density at radius 2 is 1.77 bits per heavy atom. The van der Waals surface area contributed by atoms with Gasteiger partial charge in [0.2, 0.25) is 0 Å². The zero-order valence-corrected chi connectivity index (χ0v) is 15.8. The molecule has 2 aromatic rings. The third kappa shape index (κ3) is 6.51. The van der Waals surface area contributed by atoms with Crippen molar-refractivity contribution in [3.63, 3.8) is 0 Å². The molecule has 0 radical (unpaired) electrons. The van der Waals surface area contributed by atoms with E-state index >= 15 is 0 Å². The standard InChI is InChI=1S/C23H30N2O/c1-4-8-21(14-11-19-12-15-23(16-13-19)25(2)3)24-22(18-26)17-20-9-6-5-7-10-20/h4-7,9-16,21-22,24,26H,1,8,17-18H2,2-3H3/b14-11+/t21-,22-/m0/s1. The smallest absolute Gasteiger partial charge is 0.0588 e. The van der Waals surface area contributed by atoms with Crippen LogP contribution in [0.1, 0.15) is 17.5 Å². The van der Waals surface area contributed by atoms with Gasteiger partial charge < -0.3 is 15.3 Å². The second kappa shape index (κ2) is 10.6. The van der Waals surface area contributed by atoms with Gasteiger partial charge in [-0.15, -0.1) is 6.58 Å². The van der Waals surface area contributed by atoms with Crippen LogP contribution in [0.4, 0.5) is 5.69 Å². The van der Waals surface area contributed by atoms with Crippen molar-refractivity contribution in [1.82, 2.24) is 5.32 Å². The number of rotatable bonds is 10. The summed E-state index contributed by atoms with van der Waals surface area (Å²) in [4.78, 5) is 2.09.